The standard InChI is InChI=1S/C12H21BrN2S/c1-10-11(2)16-12(15-10)9-14-8-6-4-3-5-7-13/h14H,3-9H2,1-2H3. The fraction of sp³-hybridized carbons (Fsp3) is 0.750. The van der Waals surface area contributed by atoms with Gasteiger partial charge in [0.05, 0.1) is 5.69 Å². The van der Waals surface area contributed by atoms with Gasteiger partial charge in [0, 0.05) is 16.8 Å². The van der Waals surface area contributed by atoms with Gasteiger partial charge in [-0.3, -0.25) is 0 Å². The van der Waals surface area contributed by atoms with Crippen molar-refractivity contribution in [3.05, 3.63) is 15.6 Å². The smallest absolute Gasteiger partial charge is 0.107 e. The maximum atomic E-state index is 4.51. The number of hydrogen-bond acceptors (Lipinski definition) is 3. The lowest BCUT2D eigenvalue weighted by atomic mass is 10.2. The van der Waals surface area contributed by atoms with Crippen molar-refractivity contribution in [2.75, 3.05) is 11.9 Å². The van der Waals surface area contributed by atoms with E-state index < -0.39 is 0 Å². The summed E-state index contributed by atoms with van der Waals surface area (Å²) in [7, 11) is 0. The molecule has 1 aromatic heterocycles. The number of nitrogens with zero attached hydrogens (tertiary/aromatic N) is 1. The van der Waals surface area contributed by atoms with Crippen LogP contribution in [0.3, 0.4) is 0 Å². The van der Waals surface area contributed by atoms with Gasteiger partial charge < -0.3 is 5.32 Å². The molecule has 0 saturated carbocycles. The lowest BCUT2D eigenvalue weighted by Crippen LogP contribution is -2.14. The van der Waals surface area contributed by atoms with Crippen molar-refractivity contribution in [3.63, 3.8) is 0 Å². The minimum absolute atomic E-state index is 0.928. The Kier molecular flexibility index (Phi) is 7.25. The third kappa shape index (κ3) is 5.41. The van der Waals surface area contributed by atoms with E-state index in [1.54, 1.807) is 11.3 Å². The summed E-state index contributed by atoms with van der Waals surface area (Å²) in [6.07, 6.45) is 5.23. The van der Waals surface area contributed by atoms with Crippen molar-refractivity contribution >= 4 is 27.3 Å². The highest BCUT2D eigenvalue weighted by atomic mass is 79.9. The van der Waals surface area contributed by atoms with Gasteiger partial charge in [-0.15, -0.1) is 11.3 Å². The monoisotopic (exact) mass is 304 g/mol. The Morgan fingerprint density at radius 1 is 1.19 bits per heavy atom. The number of nitrogens with one attached hydrogen (secondary N) is 1. The van der Waals surface area contributed by atoms with Gasteiger partial charge in [0.15, 0.2) is 0 Å². The van der Waals surface area contributed by atoms with Crippen molar-refractivity contribution in [3.8, 4) is 0 Å². The molecular formula is C12H21BrN2S. The van der Waals surface area contributed by atoms with Crippen LogP contribution in [-0.2, 0) is 6.54 Å². The summed E-state index contributed by atoms with van der Waals surface area (Å²) in [6, 6.07) is 0. The van der Waals surface area contributed by atoms with Crippen molar-refractivity contribution in [2.45, 2.75) is 46.1 Å². The fourth-order valence-corrected chi connectivity index (χ4v) is 2.81. The van der Waals surface area contributed by atoms with Gasteiger partial charge in [0.2, 0.25) is 0 Å². The highest BCUT2D eigenvalue weighted by molar-refractivity contribution is 9.09. The highest BCUT2D eigenvalue weighted by Gasteiger charge is 2.02. The number of hydrogen-bond donors (Lipinski definition) is 1. The summed E-state index contributed by atoms with van der Waals surface area (Å²) < 4.78 is 0. The van der Waals surface area contributed by atoms with Gasteiger partial charge in [-0.1, -0.05) is 28.8 Å². The first-order valence-corrected chi connectivity index (χ1v) is 7.87. The van der Waals surface area contributed by atoms with E-state index in [2.05, 4.69) is 40.1 Å². The highest BCUT2D eigenvalue weighted by Crippen LogP contribution is 2.15. The third-order valence-corrected chi connectivity index (χ3v) is 4.22. The Labute approximate surface area is 111 Å². The minimum atomic E-state index is 0.928. The molecule has 0 unspecified atom stereocenters. The van der Waals surface area contributed by atoms with Crippen LogP contribution in [0.4, 0.5) is 0 Å². The van der Waals surface area contributed by atoms with Crippen LogP contribution in [0.5, 0.6) is 0 Å². The lowest BCUT2D eigenvalue weighted by Gasteiger charge is -2.01. The van der Waals surface area contributed by atoms with E-state index >= 15 is 0 Å². The van der Waals surface area contributed by atoms with Crippen molar-refractivity contribution in [2.24, 2.45) is 0 Å². The summed E-state index contributed by atoms with van der Waals surface area (Å²) in [4.78, 5) is 5.85. The lowest BCUT2D eigenvalue weighted by molar-refractivity contribution is 0.599. The molecule has 0 spiro atoms. The first kappa shape index (κ1) is 14.1. The second kappa shape index (κ2) is 8.20. The number of alkyl halides is 1. The molecular weight excluding hydrogens is 284 g/mol. The predicted octanol–water partition coefficient (Wildman–Crippen LogP) is 3.80. The van der Waals surface area contributed by atoms with Gasteiger partial charge in [0.1, 0.15) is 5.01 Å². The number of halogens is 1. The van der Waals surface area contributed by atoms with Crippen LogP contribution in [0, 0.1) is 13.8 Å². The average molecular weight is 305 g/mol. The predicted molar refractivity (Wildman–Crippen MR) is 75.6 cm³/mol. The van der Waals surface area contributed by atoms with Crippen molar-refractivity contribution < 1.29 is 0 Å². The number of rotatable bonds is 8. The van der Waals surface area contributed by atoms with Crippen LogP contribution in [-0.4, -0.2) is 16.9 Å². The molecule has 1 heterocycles. The normalized spacial score (nSPS) is 10.9. The van der Waals surface area contributed by atoms with Gasteiger partial charge in [-0.2, -0.15) is 0 Å². The van der Waals surface area contributed by atoms with Crippen LogP contribution in [0.25, 0.3) is 0 Å². The van der Waals surface area contributed by atoms with E-state index in [1.165, 1.54) is 41.3 Å². The summed E-state index contributed by atoms with van der Waals surface area (Å²) in [5.74, 6) is 0. The van der Waals surface area contributed by atoms with E-state index in [1.807, 2.05) is 0 Å². The summed E-state index contributed by atoms with van der Waals surface area (Å²) in [5, 5.41) is 5.81. The van der Waals surface area contributed by atoms with Crippen molar-refractivity contribution in [1.82, 2.24) is 10.3 Å². The van der Waals surface area contributed by atoms with Gasteiger partial charge in [-0.25, -0.2) is 4.98 Å². The minimum Gasteiger partial charge on any atom is -0.310 e. The van der Waals surface area contributed by atoms with Crippen LogP contribution in [0.1, 0.15) is 41.3 Å². The largest absolute Gasteiger partial charge is 0.310 e. The second-order valence-corrected chi connectivity index (χ2v) is 6.11. The van der Waals surface area contributed by atoms with Gasteiger partial charge in [0.25, 0.3) is 0 Å². The first-order valence-electron chi connectivity index (χ1n) is 5.93. The molecule has 0 aliphatic carbocycles. The molecule has 1 aromatic rings. The molecule has 0 fully saturated rings. The molecule has 1 rings (SSSR count). The summed E-state index contributed by atoms with van der Waals surface area (Å²) >= 11 is 5.26. The Morgan fingerprint density at radius 2 is 1.94 bits per heavy atom. The van der Waals surface area contributed by atoms with E-state index in [9.17, 15) is 0 Å². The zero-order valence-electron chi connectivity index (χ0n) is 10.2. The van der Waals surface area contributed by atoms with Crippen LogP contribution in [0.2, 0.25) is 0 Å². The summed E-state index contributed by atoms with van der Waals surface area (Å²) in [6.45, 7) is 6.25. The maximum absolute atomic E-state index is 4.51. The van der Waals surface area contributed by atoms with E-state index in [4.69, 9.17) is 0 Å². The summed E-state index contributed by atoms with van der Waals surface area (Å²) in [5.41, 5.74) is 1.18. The molecule has 0 aliphatic heterocycles. The zero-order chi connectivity index (χ0) is 11.8. The molecule has 0 saturated heterocycles. The Morgan fingerprint density at radius 3 is 2.56 bits per heavy atom. The molecule has 0 aliphatic rings. The SMILES string of the molecule is Cc1nc(CNCCCCCCBr)sc1C. The number of unbranched alkanes of at least 4 members (excludes halogenated alkanes) is 3. The van der Waals surface area contributed by atoms with Crippen LogP contribution >= 0.6 is 27.3 Å². The Hall–Kier alpha value is 0.0700. The van der Waals surface area contributed by atoms with E-state index in [0.717, 1.165) is 18.4 Å². The molecule has 4 heteroatoms. The third-order valence-electron chi connectivity index (χ3n) is 2.59. The molecule has 16 heavy (non-hydrogen) atoms. The van der Waals surface area contributed by atoms with Crippen molar-refractivity contribution in [1.29, 1.82) is 0 Å². The van der Waals surface area contributed by atoms with Gasteiger partial charge >= 0.3 is 0 Å². The average Bonchev–Trinajstić information content (AvgIpc) is 2.57. The molecule has 1 N–H and O–H groups in total. The van der Waals surface area contributed by atoms with Crippen LogP contribution in [0.15, 0.2) is 0 Å². The number of thiazole rings is 1. The van der Waals surface area contributed by atoms with E-state index in [0.29, 0.717) is 0 Å². The van der Waals surface area contributed by atoms with Crippen LogP contribution < -0.4 is 5.32 Å². The molecule has 0 atom stereocenters. The molecule has 92 valence electrons. The maximum Gasteiger partial charge on any atom is 0.107 e. The molecule has 0 bridgehead atoms. The number of aromatic nitrogens is 1. The second-order valence-electron chi connectivity index (χ2n) is 4.03. The van der Waals surface area contributed by atoms with Gasteiger partial charge in [-0.05, 0) is 33.2 Å². The topological polar surface area (TPSA) is 24.9 Å². The molecule has 0 aromatic carbocycles. The van der Waals surface area contributed by atoms with E-state index in [-0.39, 0.29) is 0 Å². The Bertz CT molecular complexity index is 280. The zero-order valence-corrected chi connectivity index (χ0v) is 12.6. The molecule has 2 nitrogen and oxygen atoms in total. The molecule has 0 radical (unpaired) electrons. The number of aryl methyl sites for hydroxylation is 2. The Balaban J connectivity index is 2.03. The quantitative estimate of drug-likeness (QED) is 0.583. The molecule has 0 amide bonds. The first-order chi connectivity index (χ1) is 7.74. The fourth-order valence-electron chi connectivity index (χ4n) is 1.51.